The van der Waals surface area contributed by atoms with E-state index in [-0.39, 0.29) is 29.7 Å². The fraction of sp³-hybridized carbons (Fsp3) is 0.520. The number of aromatic hydroxyl groups is 2. The van der Waals surface area contributed by atoms with Gasteiger partial charge in [-0.15, -0.1) is 23.2 Å². The summed E-state index contributed by atoms with van der Waals surface area (Å²) < 4.78 is 6.31. The summed E-state index contributed by atoms with van der Waals surface area (Å²) in [6, 6.07) is 2.15. The van der Waals surface area contributed by atoms with Crippen LogP contribution < -0.4 is 0 Å². The molecule has 180 valence electrons. The van der Waals surface area contributed by atoms with E-state index in [9.17, 15) is 24.9 Å². The Balaban J connectivity index is 2.11. The highest BCUT2D eigenvalue weighted by Gasteiger charge is 2.70. The maximum atomic E-state index is 13.9. The van der Waals surface area contributed by atoms with E-state index in [0.29, 0.717) is 18.4 Å². The van der Waals surface area contributed by atoms with Gasteiger partial charge in [-0.1, -0.05) is 23.8 Å². The molecule has 1 aromatic carbocycles. The monoisotopic (exact) mass is 496 g/mol. The van der Waals surface area contributed by atoms with Crippen molar-refractivity contribution < 1.29 is 29.6 Å². The van der Waals surface area contributed by atoms with Crippen LogP contribution in [-0.2, 0) is 4.74 Å². The van der Waals surface area contributed by atoms with Crippen molar-refractivity contribution in [1.29, 1.82) is 0 Å². The van der Waals surface area contributed by atoms with E-state index < -0.39 is 44.9 Å². The van der Waals surface area contributed by atoms with Crippen LogP contribution in [0.5, 0.6) is 11.5 Å². The molecule has 0 saturated carbocycles. The van der Waals surface area contributed by atoms with Crippen LogP contribution in [0.15, 0.2) is 35.9 Å². The van der Waals surface area contributed by atoms with Crippen molar-refractivity contribution >= 4 is 34.8 Å². The molecule has 0 aromatic heterocycles. The average molecular weight is 497 g/mol. The summed E-state index contributed by atoms with van der Waals surface area (Å²) in [5.74, 6) is -2.13. The first-order valence-electron chi connectivity index (χ1n) is 10.8. The molecular formula is C25H30Cl2O6. The number of fused-ring (bicyclic) bond motifs is 2. The van der Waals surface area contributed by atoms with E-state index in [2.05, 4.69) is 6.58 Å². The van der Waals surface area contributed by atoms with Crippen LogP contribution in [-0.4, -0.2) is 54.4 Å². The Hall–Kier alpha value is -1.86. The van der Waals surface area contributed by atoms with E-state index in [0.717, 1.165) is 17.7 Å². The molecule has 1 fully saturated rings. The molecule has 1 aromatic rings. The van der Waals surface area contributed by atoms with Crippen LogP contribution in [0.25, 0.3) is 0 Å². The number of phenolic OH excluding ortho intramolecular Hbond substituents is 2. The van der Waals surface area contributed by atoms with E-state index >= 15 is 0 Å². The highest BCUT2D eigenvalue weighted by atomic mass is 35.5. The summed E-state index contributed by atoms with van der Waals surface area (Å²) in [4.78, 5) is 25.7. The lowest BCUT2D eigenvalue weighted by atomic mass is 9.63. The number of alkyl halides is 2. The minimum atomic E-state index is -1.85. The first-order valence-corrected chi connectivity index (χ1v) is 11.7. The molecule has 1 heterocycles. The van der Waals surface area contributed by atoms with Gasteiger partial charge in [-0.05, 0) is 53.0 Å². The number of ether oxygens (including phenoxy) is 1. The summed E-state index contributed by atoms with van der Waals surface area (Å²) in [5, 5.41) is 29.7. The summed E-state index contributed by atoms with van der Waals surface area (Å²) in [7, 11) is 0. The van der Waals surface area contributed by atoms with Crippen molar-refractivity contribution in [3.63, 3.8) is 0 Å². The normalized spacial score (nSPS) is 29.9. The number of halogens is 2. The Morgan fingerprint density at radius 2 is 1.91 bits per heavy atom. The Labute approximate surface area is 203 Å². The molecule has 33 heavy (non-hydrogen) atoms. The molecule has 6 nitrogen and oxygen atoms in total. The van der Waals surface area contributed by atoms with Crippen molar-refractivity contribution in [1.82, 2.24) is 0 Å². The third-order valence-corrected chi connectivity index (χ3v) is 8.02. The van der Waals surface area contributed by atoms with Crippen LogP contribution in [0.4, 0.5) is 0 Å². The van der Waals surface area contributed by atoms with Crippen LogP contribution >= 0.6 is 23.2 Å². The van der Waals surface area contributed by atoms with Gasteiger partial charge in [0.05, 0.1) is 22.6 Å². The Kier molecular flexibility index (Phi) is 6.82. The van der Waals surface area contributed by atoms with Gasteiger partial charge in [-0.3, -0.25) is 9.59 Å². The second kappa shape index (κ2) is 8.73. The number of allylic oxidation sites excluding steroid dienone is 1. The lowest BCUT2D eigenvalue weighted by Gasteiger charge is -2.56. The Bertz CT molecular complexity index is 1050. The number of Topliss-reactive ketones (excluding diaryl/α,β-unsaturated/α-hetero) is 2. The van der Waals surface area contributed by atoms with Crippen molar-refractivity contribution in [2.45, 2.75) is 80.9 Å². The maximum Gasteiger partial charge on any atom is 0.198 e. The fourth-order valence-corrected chi connectivity index (χ4v) is 5.33. The number of rotatable bonds is 6. The van der Waals surface area contributed by atoms with Crippen LogP contribution in [0.3, 0.4) is 0 Å². The van der Waals surface area contributed by atoms with Crippen molar-refractivity contribution in [3.05, 3.63) is 47.1 Å². The van der Waals surface area contributed by atoms with E-state index in [1.807, 2.05) is 6.92 Å². The predicted molar refractivity (Wildman–Crippen MR) is 128 cm³/mol. The van der Waals surface area contributed by atoms with E-state index in [1.165, 1.54) is 0 Å². The highest BCUT2D eigenvalue weighted by Crippen LogP contribution is 2.56. The number of phenols is 2. The lowest BCUT2D eigenvalue weighted by molar-refractivity contribution is -0.157. The first-order chi connectivity index (χ1) is 15.2. The second-order valence-corrected chi connectivity index (χ2v) is 10.9. The average Bonchev–Trinajstić information content (AvgIpc) is 2.71. The summed E-state index contributed by atoms with van der Waals surface area (Å²) in [5.41, 5.74) is -1.60. The standard InChI is InChI=1S/C25H30Cl2O6/c1-13(2)17(29)7-6-14(3)8-9-25-21(31)16-10-15(28)11-18(30)20(16)22(32)24(25,27)12-19(26)23(4,5)33-25/h8,10-11,17,19,28-30H,1,6-7,9,12H2,2-5H3/b14-8+/t17-,19+,24-,25-/m0/s1. The predicted octanol–water partition coefficient (Wildman–Crippen LogP) is 5.05. The molecule has 4 atom stereocenters. The SMILES string of the molecule is C=C(C)[C@@H](O)CC/C(C)=C/C[C@@]12OC(C)(C)[C@H](Cl)C[C@]1(Cl)C(=O)c1c(O)cc(O)cc1C2=O. The molecule has 1 aliphatic carbocycles. The first kappa shape index (κ1) is 25.8. The van der Waals surface area contributed by atoms with Crippen LogP contribution in [0, 0.1) is 0 Å². The molecule has 0 radical (unpaired) electrons. The molecule has 3 rings (SSSR count). The molecule has 3 N–H and O–H groups in total. The lowest BCUT2D eigenvalue weighted by Crippen LogP contribution is -2.72. The van der Waals surface area contributed by atoms with Gasteiger partial charge in [-0.25, -0.2) is 0 Å². The van der Waals surface area contributed by atoms with Crippen molar-refractivity contribution in [3.8, 4) is 11.5 Å². The number of aliphatic hydroxyl groups excluding tert-OH is 1. The summed E-state index contributed by atoms with van der Waals surface area (Å²) in [6.07, 6.45) is 2.08. The molecule has 0 amide bonds. The molecule has 1 saturated heterocycles. The third kappa shape index (κ3) is 4.23. The summed E-state index contributed by atoms with van der Waals surface area (Å²) >= 11 is 13.5. The van der Waals surface area contributed by atoms with Gasteiger partial charge in [0, 0.05) is 18.1 Å². The number of hydrogen-bond acceptors (Lipinski definition) is 6. The molecule has 1 aliphatic heterocycles. The van der Waals surface area contributed by atoms with Gasteiger partial charge < -0.3 is 20.1 Å². The number of carbonyl (C=O) groups is 2. The van der Waals surface area contributed by atoms with Gasteiger partial charge in [-0.2, -0.15) is 0 Å². The Morgan fingerprint density at radius 1 is 1.27 bits per heavy atom. The number of hydrogen-bond donors (Lipinski definition) is 3. The third-order valence-electron chi connectivity index (χ3n) is 6.71. The largest absolute Gasteiger partial charge is 0.508 e. The van der Waals surface area contributed by atoms with Gasteiger partial charge in [0.2, 0.25) is 0 Å². The topological polar surface area (TPSA) is 104 Å². The number of aliphatic hydroxyl groups is 1. The van der Waals surface area contributed by atoms with E-state index in [4.69, 9.17) is 27.9 Å². The molecule has 0 bridgehead atoms. The molecular weight excluding hydrogens is 467 g/mol. The van der Waals surface area contributed by atoms with Crippen molar-refractivity contribution in [2.75, 3.05) is 0 Å². The minimum absolute atomic E-state index is 0.0149. The highest BCUT2D eigenvalue weighted by molar-refractivity contribution is 6.45. The van der Waals surface area contributed by atoms with E-state index in [1.54, 1.807) is 26.8 Å². The number of benzene rings is 1. The zero-order valence-electron chi connectivity index (χ0n) is 19.2. The van der Waals surface area contributed by atoms with Crippen LogP contribution in [0.2, 0.25) is 0 Å². The Morgan fingerprint density at radius 3 is 2.52 bits per heavy atom. The number of carbonyl (C=O) groups excluding carboxylic acids is 2. The van der Waals surface area contributed by atoms with Crippen molar-refractivity contribution in [2.24, 2.45) is 0 Å². The fourth-order valence-electron chi connectivity index (χ4n) is 4.53. The molecule has 0 spiro atoms. The van der Waals surface area contributed by atoms with Gasteiger partial charge in [0.15, 0.2) is 17.2 Å². The molecule has 2 aliphatic rings. The van der Waals surface area contributed by atoms with Gasteiger partial charge >= 0.3 is 0 Å². The quantitative estimate of drug-likeness (QED) is 0.375. The smallest absolute Gasteiger partial charge is 0.198 e. The summed E-state index contributed by atoms with van der Waals surface area (Å²) in [6.45, 7) is 10.8. The van der Waals surface area contributed by atoms with Crippen LogP contribution in [0.1, 0.15) is 74.1 Å². The number of ketones is 2. The minimum Gasteiger partial charge on any atom is -0.508 e. The second-order valence-electron chi connectivity index (χ2n) is 9.71. The zero-order chi connectivity index (χ0) is 24.9. The van der Waals surface area contributed by atoms with Gasteiger partial charge in [0.25, 0.3) is 0 Å². The maximum absolute atomic E-state index is 13.9. The van der Waals surface area contributed by atoms with Gasteiger partial charge in [0.1, 0.15) is 16.4 Å². The molecule has 0 unspecified atom stereocenters. The molecule has 8 heteroatoms. The zero-order valence-corrected chi connectivity index (χ0v) is 20.8.